The molecule has 0 radical (unpaired) electrons. The van der Waals surface area contributed by atoms with Crippen molar-refractivity contribution in [1.82, 2.24) is 5.32 Å². The van der Waals surface area contributed by atoms with Gasteiger partial charge in [-0.1, -0.05) is 26.0 Å². The number of nitrogens with zero attached hydrogens (tertiary/aromatic N) is 2. The van der Waals surface area contributed by atoms with Crippen molar-refractivity contribution in [3.63, 3.8) is 0 Å². The Labute approximate surface area is 179 Å². The lowest BCUT2D eigenvalue weighted by Gasteiger charge is -2.38. The van der Waals surface area contributed by atoms with Crippen LogP contribution in [0.15, 0.2) is 48.5 Å². The SMILES string of the molecule is CC(C)C(=O)NC[C@H](c1ccc(N(C)C)cc1)[NH+]1CCN(c2ccc(F)cc2)CC1. The lowest BCUT2D eigenvalue weighted by Crippen LogP contribution is -3.15. The average Bonchev–Trinajstić information content (AvgIpc) is 2.75. The Morgan fingerprint density at radius 2 is 1.67 bits per heavy atom. The molecule has 1 saturated heterocycles. The highest BCUT2D eigenvalue weighted by Crippen LogP contribution is 2.18. The van der Waals surface area contributed by atoms with Crippen LogP contribution >= 0.6 is 0 Å². The fourth-order valence-corrected chi connectivity index (χ4v) is 3.96. The van der Waals surface area contributed by atoms with Crippen LogP contribution in [0.3, 0.4) is 0 Å². The first-order valence-corrected chi connectivity index (χ1v) is 10.7. The molecular weight excluding hydrogens is 379 g/mol. The van der Waals surface area contributed by atoms with Crippen molar-refractivity contribution in [3.8, 4) is 0 Å². The van der Waals surface area contributed by atoms with E-state index in [0.717, 1.165) is 31.9 Å². The van der Waals surface area contributed by atoms with Gasteiger partial charge < -0.3 is 20.0 Å². The average molecular weight is 414 g/mol. The molecule has 0 saturated carbocycles. The van der Waals surface area contributed by atoms with Crippen molar-refractivity contribution < 1.29 is 14.1 Å². The maximum Gasteiger partial charge on any atom is 0.222 e. The summed E-state index contributed by atoms with van der Waals surface area (Å²) in [7, 11) is 4.07. The zero-order valence-corrected chi connectivity index (χ0v) is 18.5. The number of rotatable bonds is 7. The molecule has 1 heterocycles. The first-order valence-electron chi connectivity index (χ1n) is 10.7. The second kappa shape index (κ2) is 9.94. The summed E-state index contributed by atoms with van der Waals surface area (Å²) in [5.74, 6) is -0.133. The number of hydrogen-bond donors (Lipinski definition) is 2. The van der Waals surface area contributed by atoms with Gasteiger partial charge in [-0.3, -0.25) is 4.79 Å². The molecule has 5 nitrogen and oxygen atoms in total. The highest BCUT2D eigenvalue weighted by Gasteiger charge is 2.29. The van der Waals surface area contributed by atoms with Crippen LogP contribution in [-0.4, -0.2) is 52.7 Å². The molecule has 3 rings (SSSR count). The van der Waals surface area contributed by atoms with Crippen LogP contribution < -0.4 is 20.0 Å². The van der Waals surface area contributed by atoms with E-state index >= 15 is 0 Å². The van der Waals surface area contributed by atoms with E-state index in [1.807, 2.05) is 40.1 Å². The van der Waals surface area contributed by atoms with E-state index in [9.17, 15) is 9.18 Å². The molecular formula is C24H34FN4O+. The molecule has 162 valence electrons. The van der Waals surface area contributed by atoms with Crippen molar-refractivity contribution in [2.45, 2.75) is 19.9 Å². The molecule has 1 fully saturated rings. The van der Waals surface area contributed by atoms with Gasteiger partial charge in [-0.25, -0.2) is 4.39 Å². The number of carbonyl (C=O) groups excluding carboxylic acids is 1. The number of quaternary nitrogens is 1. The Hall–Kier alpha value is -2.60. The molecule has 2 aromatic rings. The maximum absolute atomic E-state index is 13.2. The third kappa shape index (κ3) is 5.51. The van der Waals surface area contributed by atoms with Crippen LogP contribution in [0.5, 0.6) is 0 Å². The lowest BCUT2D eigenvalue weighted by atomic mass is 10.0. The molecule has 0 aromatic heterocycles. The van der Waals surface area contributed by atoms with Crippen LogP contribution in [-0.2, 0) is 4.79 Å². The Bertz CT molecular complexity index is 812. The highest BCUT2D eigenvalue weighted by molar-refractivity contribution is 5.77. The number of carbonyl (C=O) groups is 1. The maximum atomic E-state index is 13.2. The van der Waals surface area contributed by atoms with Gasteiger partial charge in [-0.05, 0) is 36.4 Å². The van der Waals surface area contributed by atoms with Crippen LogP contribution in [0, 0.1) is 11.7 Å². The van der Waals surface area contributed by atoms with Gasteiger partial charge in [-0.2, -0.15) is 0 Å². The number of benzene rings is 2. The molecule has 1 atom stereocenters. The van der Waals surface area contributed by atoms with Gasteiger partial charge in [-0.15, -0.1) is 0 Å². The van der Waals surface area contributed by atoms with E-state index in [0.29, 0.717) is 6.54 Å². The van der Waals surface area contributed by atoms with Crippen LogP contribution in [0.25, 0.3) is 0 Å². The quantitative estimate of drug-likeness (QED) is 0.731. The van der Waals surface area contributed by atoms with E-state index < -0.39 is 0 Å². The largest absolute Gasteiger partial charge is 0.378 e. The summed E-state index contributed by atoms with van der Waals surface area (Å²) in [5, 5.41) is 3.14. The van der Waals surface area contributed by atoms with Gasteiger partial charge in [0.25, 0.3) is 0 Å². The van der Waals surface area contributed by atoms with Gasteiger partial charge in [0.05, 0.1) is 32.7 Å². The summed E-state index contributed by atoms with van der Waals surface area (Å²) in [4.78, 5) is 18.1. The smallest absolute Gasteiger partial charge is 0.222 e. The van der Waals surface area contributed by atoms with E-state index in [-0.39, 0.29) is 23.7 Å². The van der Waals surface area contributed by atoms with E-state index in [1.165, 1.54) is 28.3 Å². The third-order valence-corrected chi connectivity index (χ3v) is 5.91. The fraction of sp³-hybridized carbons (Fsp3) is 0.458. The van der Waals surface area contributed by atoms with Crippen molar-refractivity contribution in [2.75, 3.05) is 56.6 Å². The van der Waals surface area contributed by atoms with E-state index in [4.69, 9.17) is 0 Å². The first-order chi connectivity index (χ1) is 14.3. The summed E-state index contributed by atoms with van der Waals surface area (Å²) in [6.45, 7) is 8.22. The molecule has 0 bridgehead atoms. The van der Waals surface area contributed by atoms with Gasteiger partial charge in [0, 0.05) is 37.0 Å². The minimum Gasteiger partial charge on any atom is -0.378 e. The number of anilines is 2. The van der Waals surface area contributed by atoms with Crippen molar-refractivity contribution >= 4 is 17.3 Å². The number of hydrogen-bond acceptors (Lipinski definition) is 3. The number of piperazine rings is 1. The summed E-state index contributed by atoms with van der Waals surface area (Å²) < 4.78 is 13.2. The highest BCUT2D eigenvalue weighted by atomic mass is 19.1. The first kappa shape index (κ1) is 22.1. The molecule has 30 heavy (non-hydrogen) atoms. The second-order valence-electron chi connectivity index (χ2n) is 8.56. The monoisotopic (exact) mass is 413 g/mol. The van der Waals surface area contributed by atoms with E-state index in [2.05, 4.69) is 39.4 Å². The van der Waals surface area contributed by atoms with Crippen molar-refractivity contribution in [1.29, 1.82) is 0 Å². The molecule has 0 spiro atoms. The predicted octanol–water partition coefficient (Wildman–Crippen LogP) is 2.11. The van der Waals surface area contributed by atoms with Crippen LogP contribution in [0.4, 0.5) is 15.8 Å². The van der Waals surface area contributed by atoms with Crippen LogP contribution in [0.2, 0.25) is 0 Å². The fourth-order valence-electron chi connectivity index (χ4n) is 3.96. The Balaban J connectivity index is 1.71. The van der Waals surface area contributed by atoms with Crippen LogP contribution in [0.1, 0.15) is 25.5 Å². The van der Waals surface area contributed by atoms with Crippen molar-refractivity contribution in [2.24, 2.45) is 5.92 Å². The topological polar surface area (TPSA) is 40.0 Å². The van der Waals surface area contributed by atoms with Gasteiger partial charge in [0.2, 0.25) is 5.91 Å². The molecule has 2 aromatic carbocycles. The summed E-state index contributed by atoms with van der Waals surface area (Å²) in [6.07, 6.45) is 0. The normalized spacial score (nSPS) is 15.9. The summed E-state index contributed by atoms with van der Waals surface area (Å²) in [6, 6.07) is 15.6. The van der Waals surface area contributed by atoms with E-state index in [1.54, 1.807) is 0 Å². The van der Waals surface area contributed by atoms with Gasteiger partial charge >= 0.3 is 0 Å². The Morgan fingerprint density at radius 3 is 2.20 bits per heavy atom. The lowest BCUT2D eigenvalue weighted by molar-refractivity contribution is -0.931. The zero-order chi connectivity index (χ0) is 21.7. The molecule has 1 amide bonds. The number of halogens is 1. The third-order valence-electron chi connectivity index (χ3n) is 5.91. The standard InChI is InChI=1S/C24H33FN4O/c1-18(2)24(30)26-17-23(19-5-9-21(10-6-19)27(3)4)29-15-13-28(14-16-29)22-11-7-20(25)8-12-22/h5-12,18,23H,13-17H2,1-4H3,(H,26,30)/p+1/t23-/m1/s1. The zero-order valence-electron chi connectivity index (χ0n) is 18.5. The van der Waals surface area contributed by atoms with Crippen molar-refractivity contribution in [3.05, 3.63) is 59.9 Å². The Morgan fingerprint density at radius 1 is 1.07 bits per heavy atom. The summed E-state index contributed by atoms with van der Waals surface area (Å²) in [5.41, 5.74) is 3.48. The predicted molar refractivity (Wildman–Crippen MR) is 121 cm³/mol. The second-order valence-corrected chi connectivity index (χ2v) is 8.56. The minimum absolute atomic E-state index is 0.0212. The number of amides is 1. The number of nitrogens with one attached hydrogen (secondary N) is 2. The molecule has 2 N–H and O–H groups in total. The molecule has 1 aliphatic rings. The molecule has 1 aliphatic heterocycles. The molecule has 6 heteroatoms. The summed E-state index contributed by atoms with van der Waals surface area (Å²) >= 11 is 0. The Kier molecular flexibility index (Phi) is 7.32. The minimum atomic E-state index is -0.204. The van der Waals surface area contributed by atoms with Gasteiger partial charge in [0.1, 0.15) is 11.9 Å². The van der Waals surface area contributed by atoms with Gasteiger partial charge in [0.15, 0.2) is 0 Å². The molecule has 0 unspecified atom stereocenters. The molecule has 0 aliphatic carbocycles.